The van der Waals surface area contributed by atoms with Crippen molar-refractivity contribution >= 4 is 11.6 Å². The van der Waals surface area contributed by atoms with E-state index < -0.39 is 10.8 Å². The molecule has 122 valence electrons. The molecular weight excluding hydrogens is 286 g/mol. The fourth-order valence-electron chi connectivity index (χ4n) is 1.96. The Morgan fingerprint density at radius 3 is 2.59 bits per heavy atom. The van der Waals surface area contributed by atoms with E-state index in [2.05, 4.69) is 0 Å². The van der Waals surface area contributed by atoms with Gasteiger partial charge in [-0.05, 0) is 24.5 Å². The second-order valence-electron chi connectivity index (χ2n) is 5.56. The van der Waals surface area contributed by atoms with E-state index in [-0.39, 0.29) is 17.3 Å². The van der Waals surface area contributed by atoms with E-state index in [1.165, 1.54) is 30.2 Å². The van der Waals surface area contributed by atoms with Crippen LogP contribution in [0.2, 0.25) is 0 Å². The number of ether oxygens (including phenoxy) is 1. The smallest absolute Gasteiger partial charge is 0.282 e. The standard InChI is InChI=1S/C15H23N3O4/c1-10(2)13(16)7-8-17(3)15(19)12-9-11(22-4)5-6-14(12)18(20)21/h5-6,9-10,13H,7-8,16H2,1-4H3. The minimum atomic E-state index is -0.569. The van der Waals surface area contributed by atoms with Crippen LogP contribution in [0.25, 0.3) is 0 Å². The average molecular weight is 309 g/mol. The van der Waals surface area contributed by atoms with Gasteiger partial charge in [0.25, 0.3) is 11.6 Å². The molecule has 0 heterocycles. The Hall–Kier alpha value is -2.15. The minimum absolute atomic E-state index is 0.0180. The number of rotatable bonds is 7. The molecule has 1 aromatic rings. The highest BCUT2D eigenvalue weighted by molar-refractivity contribution is 5.98. The Balaban J connectivity index is 2.93. The van der Waals surface area contributed by atoms with Crippen LogP contribution < -0.4 is 10.5 Å². The van der Waals surface area contributed by atoms with Crippen LogP contribution in [0.5, 0.6) is 5.75 Å². The summed E-state index contributed by atoms with van der Waals surface area (Å²) in [6.45, 7) is 4.46. The molecule has 0 saturated heterocycles. The molecule has 1 atom stereocenters. The molecule has 7 heteroatoms. The highest BCUT2D eigenvalue weighted by Crippen LogP contribution is 2.25. The Morgan fingerprint density at radius 2 is 2.09 bits per heavy atom. The van der Waals surface area contributed by atoms with Crippen molar-refractivity contribution in [2.24, 2.45) is 11.7 Å². The predicted octanol–water partition coefficient (Wildman–Crippen LogP) is 2.05. The topological polar surface area (TPSA) is 98.7 Å². The molecule has 0 bridgehead atoms. The zero-order chi connectivity index (χ0) is 16.9. The van der Waals surface area contributed by atoms with Crippen molar-refractivity contribution in [2.75, 3.05) is 20.7 Å². The minimum Gasteiger partial charge on any atom is -0.497 e. The van der Waals surface area contributed by atoms with E-state index in [0.29, 0.717) is 24.6 Å². The predicted molar refractivity (Wildman–Crippen MR) is 84.0 cm³/mol. The van der Waals surface area contributed by atoms with E-state index in [1.807, 2.05) is 13.8 Å². The molecule has 0 aliphatic carbocycles. The molecule has 7 nitrogen and oxygen atoms in total. The van der Waals surface area contributed by atoms with Gasteiger partial charge in [-0.25, -0.2) is 0 Å². The molecule has 1 amide bonds. The normalized spacial score (nSPS) is 12.1. The SMILES string of the molecule is COc1ccc([N+](=O)[O-])c(C(=O)N(C)CCC(N)C(C)C)c1. The molecule has 0 aliphatic heterocycles. The first kappa shape index (κ1) is 17.9. The molecule has 0 radical (unpaired) electrons. The van der Waals surface area contributed by atoms with E-state index in [1.54, 1.807) is 7.05 Å². The van der Waals surface area contributed by atoms with Crippen LogP contribution in [0.3, 0.4) is 0 Å². The first-order valence-electron chi connectivity index (χ1n) is 7.11. The average Bonchev–Trinajstić information content (AvgIpc) is 2.50. The second kappa shape index (κ2) is 7.74. The van der Waals surface area contributed by atoms with Crippen molar-refractivity contribution < 1.29 is 14.5 Å². The van der Waals surface area contributed by atoms with Crippen LogP contribution >= 0.6 is 0 Å². The van der Waals surface area contributed by atoms with Gasteiger partial charge in [-0.2, -0.15) is 0 Å². The largest absolute Gasteiger partial charge is 0.497 e. The second-order valence-corrected chi connectivity index (χ2v) is 5.56. The van der Waals surface area contributed by atoms with E-state index in [4.69, 9.17) is 10.5 Å². The number of amides is 1. The summed E-state index contributed by atoms with van der Waals surface area (Å²) >= 11 is 0. The van der Waals surface area contributed by atoms with Crippen LogP contribution in [0, 0.1) is 16.0 Å². The summed E-state index contributed by atoms with van der Waals surface area (Å²) in [5.74, 6) is 0.303. The number of benzene rings is 1. The van der Waals surface area contributed by atoms with E-state index >= 15 is 0 Å². The van der Waals surface area contributed by atoms with Gasteiger partial charge in [-0.15, -0.1) is 0 Å². The fraction of sp³-hybridized carbons (Fsp3) is 0.533. The van der Waals surface area contributed by atoms with E-state index in [0.717, 1.165) is 0 Å². The van der Waals surface area contributed by atoms with Gasteiger partial charge in [0.05, 0.1) is 12.0 Å². The van der Waals surface area contributed by atoms with Gasteiger partial charge in [0, 0.05) is 25.7 Å². The number of nitrogens with zero attached hydrogens (tertiary/aromatic N) is 2. The molecular formula is C15H23N3O4. The van der Waals surface area contributed by atoms with Gasteiger partial charge in [0.1, 0.15) is 11.3 Å². The third-order valence-corrected chi connectivity index (χ3v) is 3.63. The molecule has 0 saturated carbocycles. The summed E-state index contributed by atoms with van der Waals surface area (Å²) in [6.07, 6.45) is 0.637. The molecule has 1 rings (SSSR count). The first-order valence-corrected chi connectivity index (χ1v) is 7.11. The number of nitrogens with two attached hydrogens (primary N) is 1. The number of hydrogen-bond donors (Lipinski definition) is 1. The van der Waals surface area contributed by atoms with Crippen molar-refractivity contribution in [3.63, 3.8) is 0 Å². The molecule has 2 N–H and O–H groups in total. The molecule has 1 aromatic carbocycles. The van der Waals surface area contributed by atoms with Gasteiger partial charge in [-0.3, -0.25) is 14.9 Å². The Bertz CT molecular complexity index is 546. The van der Waals surface area contributed by atoms with Crippen LogP contribution in [-0.4, -0.2) is 42.5 Å². The van der Waals surface area contributed by atoms with Crippen molar-refractivity contribution in [3.8, 4) is 5.75 Å². The number of carbonyl (C=O) groups is 1. The van der Waals surface area contributed by atoms with Crippen LogP contribution in [-0.2, 0) is 0 Å². The first-order chi connectivity index (χ1) is 10.3. The summed E-state index contributed by atoms with van der Waals surface area (Å²) in [6, 6.07) is 4.11. The maximum absolute atomic E-state index is 12.4. The Labute approximate surface area is 130 Å². The lowest BCUT2D eigenvalue weighted by atomic mass is 10.0. The monoisotopic (exact) mass is 309 g/mol. The third kappa shape index (κ3) is 4.42. The van der Waals surface area contributed by atoms with Gasteiger partial charge >= 0.3 is 0 Å². The fourth-order valence-corrected chi connectivity index (χ4v) is 1.96. The molecule has 0 fully saturated rings. The van der Waals surface area contributed by atoms with Crippen molar-refractivity contribution in [2.45, 2.75) is 26.3 Å². The lowest BCUT2D eigenvalue weighted by Gasteiger charge is -2.21. The zero-order valence-corrected chi connectivity index (χ0v) is 13.4. The number of nitro groups is 1. The zero-order valence-electron chi connectivity index (χ0n) is 13.4. The van der Waals surface area contributed by atoms with Gasteiger partial charge in [0.15, 0.2) is 0 Å². The van der Waals surface area contributed by atoms with Gasteiger partial charge in [0.2, 0.25) is 0 Å². The highest BCUT2D eigenvalue weighted by atomic mass is 16.6. The summed E-state index contributed by atoms with van der Waals surface area (Å²) < 4.78 is 5.04. The van der Waals surface area contributed by atoms with E-state index in [9.17, 15) is 14.9 Å². The third-order valence-electron chi connectivity index (χ3n) is 3.63. The molecule has 1 unspecified atom stereocenters. The van der Waals surface area contributed by atoms with Crippen molar-refractivity contribution in [1.29, 1.82) is 0 Å². The number of methoxy groups -OCH3 is 1. The summed E-state index contributed by atoms with van der Waals surface area (Å²) in [5.41, 5.74) is 5.75. The van der Waals surface area contributed by atoms with Crippen LogP contribution in [0.4, 0.5) is 5.69 Å². The van der Waals surface area contributed by atoms with Gasteiger partial charge in [-0.1, -0.05) is 13.8 Å². The Kier molecular flexibility index (Phi) is 6.30. The summed E-state index contributed by atoms with van der Waals surface area (Å²) in [5, 5.41) is 11.1. The van der Waals surface area contributed by atoms with Crippen LogP contribution in [0.1, 0.15) is 30.6 Å². The lowest BCUT2D eigenvalue weighted by molar-refractivity contribution is -0.385. The van der Waals surface area contributed by atoms with Crippen LogP contribution in [0.15, 0.2) is 18.2 Å². The number of carbonyl (C=O) groups excluding carboxylic acids is 1. The number of nitro benzene ring substituents is 1. The number of hydrogen-bond acceptors (Lipinski definition) is 5. The lowest BCUT2D eigenvalue weighted by Crippen LogP contribution is -2.34. The summed E-state index contributed by atoms with van der Waals surface area (Å²) in [7, 11) is 3.05. The highest BCUT2D eigenvalue weighted by Gasteiger charge is 2.24. The Morgan fingerprint density at radius 1 is 1.45 bits per heavy atom. The molecule has 0 spiro atoms. The van der Waals surface area contributed by atoms with Gasteiger partial charge < -0.3 is 15.4 Å². The maximum atomic E-state index is 12.4. The quantitative estimate of drug-likeness (QED) is 0.614. The van der Waals surface area contributed by atoms with Crippen molar-refractivity contribution in [3.05, 3.63) is 33.9 Å². The molecule has 0 aliphatic rings. The summed E-state index contributed by atoms with van der Waals surface area (Å²) in [4.78, 5) is 24.4. The maximum Gasteiger partial charge on any atom is 0.282 e. The molecule has 22 heavy (non-hydrogen) atoms. The molecule has 0 aromatic heterocycles. The van der Waals surface area contributed by atoms with Crippen molar-refractivity contribution in [1.82, 2.24) is 4.90 Å².